The predicted octanol–water partition coefficient (Wildman–Crippen LogP) is 2.31. The molecule has 16 heavy (non-hydrogen) atoms. The van der Waals surface area contributed by atoms with Gasteiger partial charge < -0.3 is 5.73 Å². The third-order valence-electron chi connectivity index (χ3n) is 2.73. The number of rotatable bonds is 3. The fourth-order valence-corrected chi connectivity index (χ4v) is 1.62. The van der Waals surface area contributed by atoms with Crippen molar-refractivity contribution in [2.24, 2.45) is 5.73 Å². The minimum Gasteiger partial charge on any atom is -0.326 e. The van der Waals surface area contributed by atoms with Crippen molar-refractivity contribution < 1.29 is 13.2 Å². The van der Waals surface area contributed by atoms with Gasteiger partial charge in [-0.15, -0.1) is 0 Å². The molecule has 5 heteroatoms. The summed E-state index contributed by atoms with van der Waals surface area (Å²) in [6, 6.07) is 0. The van der Waals surface area contributed by atoms with E-state index in [1.807, 2.05) is 18.7 Å². The second-order valence-electron chi connectivity index (χ2n) is 5.02. The van der Waals surface area contributed by atoms with Crippen LogP contribution >= 0.6 is 0 Å². The molecule has 0 aromatic rings. The monoisotopic (exact) mass is 236 g/mol. The van der Waals surface area contributed by atoms with Crippen molar-refractivity contribution in [3.63, 3.8) is 0 Å². The van der Waals surface area contributed by atoms with E-state index < -0.39 is 11.7 Å². The van der Waals surface area contributed by atoms with Crippen molar-refractivity contribution in [3.8, 4) is 0 Å². The molecule has 0 aromatic heterocycles. The van der Waals surface area contributed by atoms with Crippen LogP contribution in [0.3, 0.4) is 0 Å². The van der Waals surface area contributed by atoms with Gasteiger partial charge in [0, 0.05) is 30.7 Å². The summed E-state index contributed by atoms with van der Waals surface area (Å²) in [7, 11) is 0. The van der Waals surface area contributed by atoms with Crippen molar-refractivity contribution in [1.29, 1.82) is 0 Å². The van der Waals surface area contributed by atoms with E-state index in [4.69, 9.17) is 5.73 Å². The van der Waals surface area contributed by atoms with Crippen molar-refractivity contribution in [2.75, 3.05) is 19.6 Å². The van der Waals surface area contributed by atoms with E-state index in [-0.39, 0.29) is 12.0 Å². The molecule has 0 atom stereocenters. The minimum absolute atomic E-state index is 0.0918. The van der Waals surface area contributed by atoms with Crippen LogP contribution in [0.4, 0.5) is 13.2 Å². The number of halogens is 3. The smallest absolute Gasteiger partial charge is 0.326 e. The third-order valence-corrected chi connectivity index (χ3v) is 2.73. The first-order valence-corrected chi connectivity index (χ1v) is 5.46. The van der Waals surface area contributed by atoms with E-state index >= 15 is 0 Å². The van der Waals surface area contributed by atoms with Crippen LogP contribution in [0.15, 0.2) is 11.6 Å². The van der Waals surface area contributed by atoms with Crippen molar-refractivity contribution in [3.05, 3.63) is 11.6 Å². The van der Waals surface area contributed by atoms with E-state index in [2.05, 4.69) is 0 Å². The SMILES string of the molecule is CC(C)(N)CCN1CC=C(C(F)(F)F)CC1. The lowest BCUT2D eigenvalue weighted by molar-refractivity contribution is -0.0960. The maximum absolute atomic E-state index is 12.3. The fraction of sp³-hybridized carbons (Fsp3) is 0.818. The largest absolute Gasteiger partial charge is 0.412 e. The van der Waals surface area contributed by atoms with Crippen LogP contribution in [0, 0.1) is 0 Å². The summed E-state index contributed by atoms with van der Waals surface area (Å²) in [4.78, 5) is 2.00. The quantitative estimate of drug-likeness (QED) is 0.762. The van der Waals surface area contributed by atoms with E-state index in [0.717, 1.165) is 13.0 Å². The molecule has 0 bridgehead atoms. The average molecular weight is 236 g/mol. The van der Waals surface area contributed by atoms with Crippen LogP contribution in [0.1, 0.15) is 26.7 Å². The van der Waals surface area contributed by atoms with Crippen LogP contribution in [-0.4, -0.2) is 36.2 Å². The zero-order valence-corrected chi connectivity index (χ0v) is 9.77. The second-order valence-corrected chi connectivity index (χ2v) is 5.02. The molecule has 0 saturated heterocycles. The Morgan fingerprint density at radius 1 is 1.38 bits per heavy atom. The van der Waals surface area contributed by atoms with E-state index in [0.29, 0.717) is 13.1 Å². The number of alkyl halides is 3. The van der Waals surface area contributed by atoms with Gasteiger partial charge in [0.05, 0.1) is 0 Å². The first kappa shape index (κ1) is 13.5. The molecule has 0 unspecified atom stereocenters. The molecule has 94 valence electrons. The molecular formula is C11H19F3N2. The predicted molar refractivity (Wildman–Crippen MR) is 58.1 cm³/mol. The molecule has 1 heterocycles. The summed E-state index contributed by atoms with van der Waals surface area (Å²) in [6.45, 7) is 5.46. The Kier molecular flexibility index (Phi) is 4.02. The summed E-state index contributed by atoms with van der Waals surface area (Å²) in [6.07, 6.45) is -1.98. The normalized spacial score (nSPS) is 19.8. The lowest BCUT2D eigenvalue weighted by atomic mass is 10.0. The summed E-state index contributed by atoms with van der Waals surface area (Å²) in [5, 5.41) is 0. The first-order chi connectivity index (χ1) is 7.18. The second kappa shape index (κ2) is 4.75. The van der Waals surface area contributed by atoms with Crippen molar-refractivity contribution in [1.82, 2.24) is 4.90 Å². The Morgan fingerprint density at radius 3 is 2.38 bits per heavy atom. The lowest BCUT2D eigenvalue weighted by Gasteiger charge is -2.29. The van der Waals surface area contributed by atoms with E-state index in [1.54, 1.807) is 0 Å². The van der Waals surface area contributed by atoms with E-state index in [1.165, 1.54) is 6.08 Å². The summed E-state index contributed by atoms with van der Waals surface area (Å²) in [5.41, 5.74) is 5.18. The van der Waals surface area contributed by atoms with Gasteiger partial charge in [-0.05, 0) is 26.7 Å². The highest BCUT2D eigenvalue weighted by molar-refractivity contribution is 5.13. The Balaban J connectivity index is 2.40. The topological polar surface area (TPSA) is 29.3 Å². The molecule has 1 rings (SSSR count). The minimum atomic E-state index is -4.15. The summed E-state index contributed by atoms with van der Waals surface area (Å²) >= 11 is 0. The molecular weight excluding hydrogens is 217 g/mol. The first-order valence-electron chi connectivity index (χ1n) is 5.46. The standard InChI is InChI=1S/C11H19F3N2/c1-10(2,15)5-8-16-6-3-9(4-7-16)11(12,13)14/h3H,4-8,15H2,1-2H3. The summed E-state index contributed by atoms with van der Waals surface area (Å²) < 4.78 is 37.0. The molecule has 2 N–H and O–H groups in total. The summed E-state index contributed by atoms with van der Waals surface area (Å²) in [5.74, 6) is 0. The fourth-order valence-electron chi connectivity index (χ4n) is 1.62. The van der Waals surface area contributed by atoms with Gasteiger partial charge >= 0.3 is 6.18 Å². The number of nitrogens with two attached hydrogens (primary N) is 1. The molecule has 1 aliphatic heterocycles. The van der Waals surface area contributed by atoms with Gasteiger partial charge in [-0.25, -0.2) is 0 Å². The Hall–Kier alpha value is -0.550. The molecule has 0 fully saturated rings. The highest BCUT2D eigenvalue weighted by Crippen LogP contribution is 2.30. The van der Waals surface area contributed by atoms with Gasteiger partial charge in [-0.3, -0.25) is 4.90 Å². The highest BCUT2D eigenvalue weighted by atomic mass is 19.4. The Morgan fingerprint density at radius 2 is 2.00 bits per heavy atom. The van der Waals surface area contributed by atoms with E-state index in [9.17, 15) is 13.2 Å². The Labute approximate surface area is 94.3 Å². The number of hydrogen-bond acceptors (Lipinski definition) is 2. The van der Waals surface area contributed by atoms with Gasteiger partial charge in [-0.1, -0.05) is 6.08 Å². The van der Waals surface area contributed by atoms with Crippen LogP contribution in [0.25, 0.3) is 0 Å². The van der Waals surface area contributed by atoms with Gasteiger partial charge in [0.25, 0.3) is 0 Å². The van der Waals surface area contributed by atoms with Gasteiger partial charge in [-0.2, -0.15) is 13.2 Å². The van der Waals surface area contributed by atoms with Crippen molar-refractivity contribution >= 4 is 0 Å². The van der Waals surface area contributed by atoms with Crippen LogP contribution in [-0.2, 0) is 0 Å². The number of hydrogen-bond donors (Lipinski definition) is 1. The zero-order valence-electron chi connectivity index (χ0n) is 9.77. The van der Waals surface area contributed by atoms with Crippen LogP contribution in [0.2, 0.25) is 0 Å². The lowest BCUT2D eigenvalue weighted by Crippen LogP contribution is -2.39. The third kappa shape index (κ3) is 4.53. The van der Waals surface area contributed by atoms with Gasteiger partial charge in [0.1, 0.15) is 0 Å². The molecule has 0 radical (unpaired) electrons. The number of nitrogens with zero attached hydrogens (tertiary/aromatic N) is 1. The molecule has 0 aromatic carbocycles. The van der Waals surface area contributed by atoms with Crippen molar-refractivity contribution in [2.45, 2.75) is 38.4 Å². The molecule has 1 aliphatic rings. The molecule has 0 amide bonds. The maximum atomic E-state index is 12.3. The molecule has 2 nitrogen and oxygen atoms in total. The molecule has 0 aliphatic carbocycles. The molecule has 0 spiro atoms. The highest BCUT2D eigenvalue weighted by Gasteiger charge is 2.34. The Bertz CT molecular complexity index is 263. The van der Waals surface area contributed by atoms with Gasteiger partial charge in [0.15, 0.2) is 0 Å². The van der Waals surface area contributed by atoms with Crippen LogP contribution < -0.4 is 5.73 Å². The average Bonchev–Trinajstić information content (AvgIpc) is 2.13. The zero-order chi connectivity index (χ0) is 12.4. The van der Waals surface area contributed by atoms with Crippen LogP contribution in [0.5, 0.6) is 0 Å². The maximum Gasteiger partial charge on any atom is 0.412 e. The molecule has 0 saturated carbocycles. The van der Waals surface area contributed by atoms with Gasteiger partial charge in [0.2, 0.25) is 0 Å².